The second kappa shape index (κ2) is 6.96. The zero-order chi connectivity index (χ0) is 18.3. The van der Waals surface area contributed by atoms with Crippen LogP contribution in [0.25, 0.3) is 10.6 Å². The molecule has 0 saturated carbocycles. The van der Waals surface area contributed by atoms with Gasteiger partial charge in [-0.15, -0.1) is 11.3 Å². The van der Waals surface area contributed by atoms with E-state index in [0.29, 0.717) is 5.69 Å². The maximum absolute atomic E-state index is 12.7. The zero-order valence-corrected chi connectivity index (χ0v) is 16.2. The number of thiophene rings is 1. The monoisotopic (exact) mass is 384 g/mol. The minimum absolute atomic E-state index is 0.00123. The van der Waals surface area contributed by atoms with Crippen molar-refractivity contribution in [2.75, 3.05) is 32.8 Å². The van der Waals surface area contributed by atoms with Crippen molar-refractivity contribution in [3.05, 3.63) is 34.6 Å². The Morgan fingerprint density at radius 2 is 2.04 bits per heavy atom. The molecule has 3 aliphatic heterocycles. The number of rotatable bonds is 2. The fourth-order valence-corrected chi connectivity index (χ4v) is 5.79. The Labute approximate surface area is 163 Å². The van der Waals surface area contributed by atoms with E-state index in [1.165, 1.54) is 10.4 Å². The summed E-state index contributed by atoms with van der Waals surface area (Å²) in [5.41, 5.74) is 2.48. The molecule has 2 aromatic rings. The highest BCUT2D eigenvalue weighted by Crippen LogP contribution is 2.46. The molecule has 0 atom stereocenters. The number of carbonyl (C=O) groups is 1. The largest absolute Gasteiger partial charge is 0.369 e. The topological polar surface area (TPSA) is 67.3 Å². The summed E-state index contributed by atoms with van der Waals surface area (Å²) in [6.07, 6.45) is 8.49. The van der Waals surface area contributed by atoms with Crippen LogP contribution >= 0.6 is 11.3 Å². The molecule has 7 heteroatoms. The SMILES string of the molecule is O=C(c1cncc(-c2cc3c(s2)C2(CCNCC2)OCC3)n1)N1CCCC1. The summed E-state index contributed by atoms with van der Waals surface area (Å²) >= 11 is 1.77. The Morgan fingerprint density at radius 1 is 1.22 bits per heavy atom. The first-order valence-corrected chi connectivity index (χ1v) is 10.7. The first-order chi connectivity index (χ1) is 13.3. The molecule has 0 aliphatic carbocycles. The average molecular weight is 385 g/mol. The van der Waals surface area contributed by atoms with E-state index in [4.69, 9.17) is 4.74 Å². The Kier molecular flexibility index (Phi) is 4.46. The number of hydrogen-bond acceptors (Lipinski definition) is 6. The molecule has 142 valence electrons. The summed E-state index contributed by atoms with van der Waals surface area (Å²) in [6, 6.07) is 2.24. The van der Waals surface area contributed by atoms with Gasteiger partial charge in [-0.25, -0.2) is 4.98 Å². The highest BCUT2D eigenvalue weighted by atomic mass is 32.1. The van der Waals surface area contributed by atoms with Crippen LogP contribution in [-0.4, -0.2) is 53.6 Å². The van der Waals surface area contributed by atoms with Crippen molar-refractivity contribution in [3.63, 3.8) is 0 Å². The van der Waals surface area contributed by atoms with E-state index < -0.39 is 0 Å². The van der Waals surface area contributed by atoms with Crippen LogP contribution < -0.4 is 5.32 Å². The van der Waals surface area contributed by atoms with Crippen LogP contribution in [0.4, 0.5) is 0 Å². The lowest BCUT2D eigenvalue weighted by Crippen LogP contribution is -2.43. The summed E-state index contributed by atoms with van der Waals surface area (Å²) in [5, 5.41) is 3.43. The van der Waals surface area contributed by atoms with Crippen molar-refractivity contribution in [1.29, 1.82) is 0 Å². The fraction of sp³-hybridized carbons (Fsp3) is 0.550. The maximum Gasteiger partial charge on any atom is 0.274 e. The van der Waals surface area contributed by atoms with E-state index in [-0.39, 0.29) is 11.5 Å². The van der Waals surface area contributed by atoms with E-state index in [9.17, 15) is 4.79 Å². The summed E-state index contributed by atoms with van der Waals surface area (Å²) < 4.78 is 6.29. The van der Waals surface area contributed by atoms with Gasteiger partial charge in [0.05, 0.1) is 29.6 Å². The third-order valence-corrected chi connectivity index (χ3v) is 7.27. The number of amides is 1. The van der Waals surface area contributed by atoms with Gasteiger partial charge in [0, 0.05) is 18.0 Å². The molecule has 2 fully saturated rings. The molecule has 0 aromatic carbocycles. The van der Waals surface area contributed by atoms with E-state index in [2.05, 4.69) is 21.4 Å². The number of hydrogen-bond donors (Lipinski definition) is 1. The molecule has 5 rings (SSSR count). The van der Waals surface area contributed by atoms with Gasteiger partial charge in [0.1, 0.15) is 11.3 Å². The minimum Gasteiger partial charge on any atom is -0.369 e. The number of aromatic nitrogens is 2. The maximum atomic E-state index is 12.7. The number of piperidine rings is 1. The van der Waals surface area contributed by atoms with Gasteiger partial charge in [0.15, 0.2) is 0 Å². The average Bonchev–Trinajstić information content (AvgIpc) is 3.39. The molecular formula is C20H24N4O2S. The molecule has 27 heavy (non-hydrogen) atoms. The lowest BCUT2D eigenvalue weighted by molar-refractivity contribution is -0.0771. The predicted molar refractivity (Wildman–Crippen MR) is 104 cm³/mol. The Hall–Kier alpha value is -1.83. The molecule has 1 spiro atoms. The molecule has 2 aromatic heterocycles. The number of likely N-dealkylation sites (tertiary alicyclic amines) is 1. The second-order valence-electron chi connectivity index (χ2n) is 7.60. The molecule has 6 nitrogen and oxygen atoms in total. The molecule has 0 radical (unpaired) electrons. The normalized spacial score (nSPS) is 21.4. The van der Waals surface area contributed by atoms with Gasteiger partial charge in [-0.3, -0.25) is 9.78 Å². The summed E-state index contributed by atoms with van der Waals surface area (Å²) in [7, 11) is 0. The van der Waals surface area contributed by atoms with Gasteiger partial charge >= 0.3 is 0 Å². The van der Waals surface area contributed by atoms with E-state index >= 15 is 0 Å². The summed E-state index contributed by atoms with van der Waals surface area (Å²) in [6.45, 7) is 4.42. The van der Waals surface area contributed by atoms with Gasteiger partial charge in [0.2, 0.25) is 0 Å². The van der Waals surface area contributed by atoms with Crippen molar-refractivity contribution < 1.29 is 9.53 Å². The fourth-order valence-electron chi connectivity index (χ4n) is 4.42. The molecule has 1 amide bonds. The van der Waals surface area contributed by atoms with Crippen LogP contribution in [0.15, 0.2) is 18.5 Å². The number of nitrogens with zero attached hydrogens (tertiary/aromatic N) is 3. The van der Waals surface area contributed by atoms with Gasteiger partial charge in [0.25, 0.3) is 5.91 Å². The van der Waals surface area contributed by atoms with Gasteiger partial charge in [-0.05, 0) is 56.8 Å². The number of carbonyl (C=O) groups excluding carboxylic acids is 1. The standard InChI is InChI=1S/C20H24N4O2S/c25-19(24-8-1-2-9-24)16-13-22-12-15(23-16)17-11-14-3-10-26-20(18(14)27-17)4-6-21-7-5-20/h11-13,21H,1-10H2. The lowest BCUT2D eigenvalue weighted by atomic mass is 9.86. The second-order valence-corrected chi connectivity index (χ2v) is 8.65. The van der Waals surface area contributed by atoms with Gasteiger partial charge in [-0.2, -0.15) is 0 Å². The summed E-state index contributed by atoms with van der Waals surface area (Å²) in [5.74, 6) is 0.00123. The molecule has 2 saturated heterocycles. The van der Waals surface area contributed by atoms with Crippen LogP contribution in [0.2, 0.25) is 0 Å². The van der Waals surface area contributed by atoms with E-state index in [1.807, 2.05) is 4.90 Å². The highest BCUT2D eigenvalue weighted by Gasteiger charge is 2.40. The first kappa shape index (κ1) is 17.3. The third kappa shape index (κ3) is 3.07. The quantitative estimate of drug-likeness (QED) is 0.862. The Bertz CT molecular complexity index is 853. The Morgan fingerprint density at radius 3 is 2.85 bits per heavy atom. The van der Waals surface area contributed by atoms with Crippen LogP contribution in [0.3, 0.4) is 0 Å². The van der Waals surface area contributed by atoms with E-state index in [0.717, 1.165) is 75.5 Å². The van der Waals surface area contributed by atoms with Gasteiger partial charge in [-0.1, -0.05) is 0 Å². The van der Waals surface area contributed by atoms with Crippen LogP contribution in [0, 0.1) is 0 Å². The third-order valence-electron chi connectivity index (χ3n) is 5.88. The molecular weight excluding hydrogens is 360 g/mol. The van der Waals surface area contributed by atoms with Crippen molar-refractivity contribution in [1.82, 2.24) is 20.2 Å². The van der Waals surface area contributed by atoms with Crippen molar-refractivity contribution in [3.8, 4) is 10.6 Å². The molecule has 0 bridgehead atoms. The van der Waals surface area contributed by atoms with Crippen molar-refractivity contribution >= 4 is 17.2 Å². The molecule has 5 heterocycles. The molecule has 1 N–H and O–H groups in total. The van der Waals surface area contributed by atoms with Gasteiger partial charge < -0.3 is 15.0 Å². The summed E-state index contributed by atoms with van der Waals surface area (Å²) in [4.78, 5) is 26.0. The van der Waals surface area contributed by atoms with E-state index in [1.54, 1.807) is 23.7 Å². The van der Waals surface area contributed by atoms with Crippen LogP contribution in [-0.2, 0) is 16.8 Å². The Balaban J connectivity index is 1.47. The first-order valence-electron chi connectivity index (χ1n) is 9.85. The number of fused-ring (bicyclic) bond motifs is 2. The molecule has 0 unspecified atom stereocenters. The highest BCUT2D eigenvalue weighted by molar-refractivity contribution is 7.15. The predicted octanol–water partition coefficient (Wildman–Crippen LogP) is 2.59. The number of nitrogens with one attached hydrogen (secondary N) is 1. The number of ether oxygens (including phenoxy) is 1. The lowest BCUT2D eigenvalue weighted by Gasteiger charge is -2.40. The molecule has 3 aliphatic rings. The van der Waals surface area contributed by atoms with Crippen LogP contribution in [0.5, 0.6) is 0 Å². The van der Waals surface area contributed by atoms with Crippen LogP contribution in [0.1, 0.15) is 46.6 Å². The minimum atomic E-state index is -0.141. The smallest absolute Gasteiger partial charge is 0.274 e. The van der Waals surface area contributed by atoms with Crippen molar-refractivity contribution in [2.45, 2.75) is 37.7 Å². The zero-order valence-electron chi connectivity index (χ0n) is 15.4. The van der Waals surface area contributed by atoms with Crippen molar-refractivity contribution in [2.24, 2.45) is 0 Å².